The van der Waals surface area contributed by atoms with Crippen LogP contribution in [0.3, 0.4) is 0 Å². The molecule has 1 N–H and O–H groups in total. The Labute approximate surface area is 94.4 Å². The predicted octanol–water partition coefficient (Wildman–Crippen LogP) is 2.38. The largest absolute Gasteiger partial charge is 0.287 e. The molecule has 0 fully saturated rings. The first-order valence-electron chi connectivity index (χ1n) is 4.20. The normalized spacial score (nSPS) is 9.87. The van der Waals surface area contributed by atoms with Gasteiger partial charge in [-0.25, -0.2) is 0 Å². The van der Waals surface area contributed by atoms with Crippen LogP contribution in [0.25, 0.3) is 0 Å². The van der Waals surface area contributed by atoms with Crippen molar-refractivity contribution >= 4 is 34.5 Å². The standard InChI is InChI=1S/C10H7NO2S2/c12-9(7-3-1-5-14-7)11-10(13)8-4-2-6-15-8/h1-6H,(H,11,12,13). The van der Waals surface area contributed by atoms with E-state index in [1.807, 2.05) is 0 Å². The van der Waals surface area contributed by atoms with Gasteiger partial charge >= 0.3 is 0 Å². The summed E-state index contributed by atoms with van der Waals surface area (Å²) >= 11 is 2.62. The summed E-state index contributed by atoms with van der Waals surface area (Å²) in [4.78, 5) is 24.1. The Hall–Kier alpha value is -1.46. The van der Waals surface area contributed by atoms with E-state index in [-0.39, 0.29) is 11.8 Å². The lowest BCUT2D eigenvalue weighted by Gasteiger charge is -1.98. The molecule has 3 nitrogen and oxygen atoms in total. The summed E-state index contributed by atoms with van der Waals surface area (Å²) in [6.07, 6.45) is 0. The number of thiophene rings is 2. The lowest BCUT2D eigenvalue weighted by molar-refractivity contribution is 0.0854. The van der Waals surface area contributed by atoms with Crippen LogP contribution in [0.15, 0.2) is 35.0 Å². The molecular formula is C10H7NO2S2. The molecule has 76 valence electrons. The van der Waals surface area contributed by atoms with Crippen molar-refractivity contribution in [3.8, 4) is 0 Å². The van der Waals surface area contributed by atoms with Crippen LogP contribution in [0.4, 0.5) is 0 Å². The molecule has 0 aliphatic rings. The molecule has 2 aromatic rings. The minimum absolute atomic E-state index is 0.344. The number of carbonyl (C=O) groups excluding carboxylic acids is 2. The van der Waals surface area contributed by atoms with Crippen molar-refractivity contribution in [1.29, 1.82) is 0 Å². The van der Waals surface area contributed by atoms with Gasteiger partial charge in [-0.15, -0.1) is 22.7 Å². The number of imide groups is 1. The van der Waals surface area contributed by atoms with E-state index in [0.29, 0.717) is 9.75 Å². The average Bonchev–Trinajstić information content (AvgIpc) is 2.91. The number of rotatable bonds is 2. The van der Waals surface area contributed by atoms with Crippen LogP contribution in [-0.2, 0) is 0 Å². The van der Waals surface area contributed by atoms with Crippen molar-refractivity contribution < 1.29 is 9.59 Å². The summed E-state index contributed by atoms with van der Waals surface area (Å²) in [7, 11) is 0. The molecule has 0 unspecified atom stereocenters. The fourth-order valence-corrected chi connectivity index (χ4v) is 2.28. The number of carbonyl (C=O) groups is 2. The van der Waals surface area contributed by atoms with Gasteiger partial charge in [0.05, 0.1) is 9.75 Å². The Balaban J connectivity index is 2.04. The molecule has 15 heavy (non-hydrogen) atoms. The first-order chi connectivity index (χ1) is 7.27. The van der Waals surface area contributed by atoms with Gasteiger partial charge in [-0.05, 0) is 22.9 Å². The Bertz CT molecular complexity index is 415. The summed E-state index contributed by atoms with van der Waals surface area (Å²) < 4.78 is 0. The highest BCUT2D eigenvalue weighted by atomic mass is 32.1. The fraction of sp³-hybridized carbons (Fsp3) is 0. The van der Waals surface area contributed by atoms with Crippen molar-refractivity contribution in [2.45, 2.75) is 0 Å². The zero-order chi connectivity index (χ0) is 10.7. The molecule has 0 aliphatic heterocycles. The van der Waals surface area contributed by atoms with Gasteiger partial charge in [0.15, 0.2) is 0 Å². The average molecular weight is 237 g/mol. The Morgan fingerprint density at radius 2 is 1.40 bits per heavy atom. The van der Waals surface area contributed by atoms with E-state index in [2.05, 4.69) is 5.32 Å². The van der Waals surface area contributed by atoms with Crippen molar-refractivity contribution in [2.24, 2.45) is 0 Å². The van der Waals surface area contributed by atoms with Crippen LogP contribution in [0.2, 0.25) is 0 Å². The van der Waals surface area contributed by atoms with E-state index < -0.39 is 0 Å². The highest BCUT2D eigenvalue weighted by Gasteiger charge is 2.12. The van der Waals surface area contributed by atoms with Crippen LogP contribution in [0.5, 0.6) is 0 Å². The zero-order valence-electron chi connectivity index (χ0n) is 7.60. The third-order valence-corrected chi connectivity index (χ3v) is 3.45. The molecule has 2 heterocycles. The molecule has 0 aromatic carbocycles. The van der Waals surface area contributed by atoms with E-state index in [1.165, 1.54) is 22.7 Å². The van der Waals surface area contributed by atoms with E-state index in [0.717, 1.165) is 0 Å². The van der Waals surface area contributed by atoms with Crippen LogP contribution in [0, 0.1) is 0 Å². The van der Waals surface area contributed by atoms with Crippen LogP contribution in [0.1, 0.15) is 19.3 Å². The molecule has 0 radical (unpaired) electrons. The van der Waals surface area contributed by atoms with Gasteiger partial charge in [0.1, 0.15) is 0 Å². The number of amides is 2. The quantitative estimate of drug-likeness (QED) is 0.815. The molecule has 0 atom stereocenters. The maximum atomic E-state index is 11.5. The molecule has 2 amide bonds. The Kier molecular flexibility index (Phi) is 2.94. The fourth-order valence-electron chi connectivity index (χ4n) is 1.04. The molecule has 0 bridgehead atoms. The highest BCUT2D eigenvalue weighted by molar-refractivity contribution is 7.12. The predicted molar refractivity (Wildman–Crippen MR) is 60.4 cm³/mol. The van der Waals surface area contributed by atoms with E-state index >= 15 is 0 Å². The summed E-state index contributed by atoms with van der Waals surface area (Å²) in [5.41, 5.74) is 0. The van der Waals surface area contributed by atoms with Gasteiger partial charge in [0.25, 0.3) is 11.8 Å². The molecule has 0 saturated heterocycles. The van der Waals surface area contributed by atoms with E-state index in [9.17, 15) is 9.59 Å². The van der Waals surface area contributed by atoms with Gasteiger partial charge < -0.3 is 0 Å². The zero-order valence-corrected chi connectivity index (χ0v) is 9.23. The van der Waals surface area contributed by atoms with Crippen molar-refractivity contribution in [3.05, 3.63) is 44.8 Å². The number of hydrogen-bond acceptors (Lipinski definition) is 4. The molecule has 0 spiro atoms. The van der Waals surface area contributed by atoms with Gasteiger partial charge in [0.2, 0.25) is 0 Å². The van der Waals surface area contributed by atoms with Crippen molar-refractivity contribution in [3.63, 3.8) is 0 Å². The second-order valence-corrected chi connectivity index (χ2v) is 4.63. The molecule has 5 heteroatoms. The number of hydrogen-bond donors (Lipinski definition) is 1. The Morgan fingerprint density at radius 3 is 1.73 bits per heavy atom. The van der Waals surface area contributed by atoms with E-state index in [4.69, 9.17) is 0 Å². The van der Waals surface area contributed by atoms with Crippen molar-refractivity contribution in [1.82, 2.24) is 5.32 Å². The molecular weight excluding hydrogens is 230 g/mol. The van der Waals surface area contributed by atoms with Crippen LogP contribution < -0.4 is 5.32 Å². The lowest BCUT2D eigenvalue weighted by Crippen LogP contribution is -2.29. The molecule has 2 rings (SSSR count). The SMILES string of the molecule is O=C(NC(=O)c1cccs1)c1cccs1. The second-order valence-electron chi connectivity index (χ2n) is 2.74. The minimum atomic E-state index is -0.344. The maximum Gasteiger partial charge on any atom is 0.268 e. The molecule has 2 aromatic heterocycles. The topological polar surface area (TPSA) is 46.2 Å². The minimum Gasteiger partial charge on any atom is -0.287 e. The first kappa shape index (κ1) is 10.1. The summed E-state index contributed by atoms with van der Waals surface area (Å²) in [5, 5.41) is 5.92. The summed E-state index contributed by atoms with van der Waals surface area (Å²) in [6.45, 7) is 0. The monoisotopic (exact) mass is 237 g/mol. The van der Waals surface area contributed by atoms with Gasteiger partial charge in [-0.2, -0.15) is 0 Å². The number of nitrogens with one attached hydrogen (secondary N) is 1. The van der Waals surface area contributed by atoms with Crippen LogP contribution in [-0.4, -0.2) is 11.8 Å². The maximum absolute atomic E-state index is 11.5. The first-order valence-corrected chi connectivity index (χ1v) is 5.96. The third kappa shape index (κ3) is 2.31. The smallest absolute Gasteiger partial charge is 0.268 e. The third-order valence-electron chi connectivity index (χ3n) is 1.72. The van der Waals surface area contributed by atoms with Gasteiger partial charge in [-0.3, -0.25) is 14.9 Å². The summed E-state index contributed by atoms with van der Waals surface area (Å²) in [6, 6.07) is 6.91. The lowest BCUT2D eigenvalue weighted by atomic mass is 10.4. The van der Waals surface area contributed by atoms with Gasteiger partial charge in [-0.1, -0.05) is 12.1 Å². The van der Waals surface area contributed by atoms with Crippen LogP contribution >= 0.6 is 22.7 Å². The molecule has 0 aliphatic carbocycles. The van der Waals surface area contributed by atoms with E-state index in [1.54, 1.807) is 35.0 Å². The van der Waals surface area contributed by atoms with Crippen molar-refractivity contribution in [2.75, 3.05) is 0 Å². The highest BCUT2D eigenvalue weighted by Crippen LogP contribution is 2.10. The Morgan fingerprint density at radius 1 is 0.933 bits per heavy atom. The molecule has 0 saturated carbocycles. The second kappa shape index (κ2) is 4.37. The van der Waals surface area contributed by atoms with Gasteiger partial charge in [0, 0.05) is 0 Å². The summed E-state index contributed by atoms with van der Waals surface area (Å²) in [5.74, 6) is -0.688.